The monoisotopic (exact) mass is 237 g/mol. The van der Waals surface area contributed by atoms with Crippen LogP contribution in [-0.4, -0.2) is 24.2 Å². The summed E-state index contributed by atoms with van der Waals surface area (Å²) in [5.41, 5.74) is 3.06. The van der Waals surface area contributed by atoms with Crippen LogP contribution >= 0.6 is 11.6 Å². The largest absolute Gasteiger partial charge is 0.478 e. The minimum Gasteiger partial charge on any atom is -0.478 e. The number of carbonyl (C=O) groups is 1. The highest BCUT2D eigenvalue weighted by molar-refractivity contribution is 6.33. The molecule has 2 N–H and O–H groups in total. The molecule has 0 aliphatic carbocycles. The summed E-state index contributed by atoms with van der Waals surface area (Å²) >= 11 is 6.14. The minimum atomic E-state index is -0.941. The Bertz CT molecular complexity index is 474. The van der Waals surface area contributed by atoms with Gasteiger partial charge in [0.2, 0.25) is 0 Å². The second-order valence-corrected chi connectivity index (χ2v) is 4.23. The standard InChI is InChI=1S/C12H12ClNO2/c1-7-10(12(15)16)3-2-9(11(7)13)4-8-5-14-6-8/h2-4,14H,5-6H2,1H3,(H,15,16). The van der Waals surface area contributed by atoms with Gasteiger partial charge >= 0.3 is 5.97 Å². The maximum atomic E-state index is 10.9. The third-order valence-electron chi connectivity index (χ3n) is 2.71. The van der Waals surface area contributed by atoms with E-state index < -0.39 is 5.97 Å². The summed E-state index contributed by atoms with van der Waals surface area (Å²) in [6, 6.07) is 3.35. The zero-order valence-electron chi connectivity index (χ0n) is 8.88. The summed E-state index contributed by atoms with van der Waals surface area (Å²) < 4.78 is 0. The fourth-order valence-electron chi connectivity index (χ4n) is 1.64. The molecule has 0 spiro atoms. The molecule has 1 aromatic carbocycles. The number of benzene rings is 1. The first-order valence-corrected chi connectivity index (χ1v) is 5.40. The number of carboxylic acids is 1. The average molecular weight is 238 g/mol. The molecule has 4 heteroatoms. The average Bonchev–Trinajstić information content (AvgIpc) is 2.17. The van der Waals surface area contributed by atoms with Gasteiger partial charge in [-0.1, -0.05) is 23.7 Å². The van der Waals surface area contributed by atoms with Crippen LogP contribution in [0.1, 0.15) is 21.5 Å². The summed E-state index contributed by atoms with van der Waals surface area (Å²) in [5, 5.41) is 12.6. The van der Waals surface area contributed by atoms with Gasteiger partial charge < -0.3 is 10.4 Å². The van der Waals surface area contributed by atoms with Gasteiger partial charge in [0.1, 0.15) is 0 Å². The molecule has 3 nitrogen and oxygen atoms in total. The minimum absolute atomic E-state index is 0.263. The molecular weight excluding hydrogens is 226 g/mol. The van der Waals surface area contributed by atoms with Crippen molar-refractivity contribution in [1.82, 2.24) is 5.32 Å². The molecule has 16 heavy (non-hydrogen) atoms. The Balaban J connectivity index is 2.42. The molecule has 1 fully saturated rings. The van der Waals surface area contributed by atoms with E-state index in [2.05, 4.69) is 5.32 Å². The Morgan fingerprint density at radius 2 is 2.19 bits per heavy atom. The molecule has 1 heterocycles. The van der Waals surface area contributed by atoms with Crippen molar-refractivity contribution >= 4 is 23.6 Å². The van der Waals surface area contributed by atoms with E-state index in [4.69, 9.17) is 16.7 Å². The van der Waals surface area contributed by atoms with E-state index >= 15 is 0 Å². The van der Waals surface area contributed by atoms with Crippen molar-refractivity contribution in [2.75, 3.05) is 13.1 Å². The first-order valence-electron chi connectivity index (χ1n) is 5.02. The van der Waals surface area contributed by atoms with Gasteiger partial charge in [0.05, 0.1) is 10.6 Å². The van der Waals surface area contributed by atoms with Gasteiger partial charge in [0.15, 0.2) is 0 Å². The molecule has 1 aliphatic heterocycles. The topological polar surface area (TPSA) is 49.3 Å². The quantitative estimate of drug-likeness (QED) is 0.830. The van der Waals surface area contributed by atoms with E-state index in [1.54, 1.807) is 19.1 Å². The molecule has 0 saturated carbocycles. The highest BCUT2D eigenvalue weighted by Crippen LogP contribution is 2.26. The first-order chi connectivity index (χ1) is 7.59. The molecule has 1 saturated heterocycles. The van der Waals surface area contributed by atoms with E-state index in [1.807, 2.05) is 6.08 Å². The number of aromatic carboxylic acids is 1. The second kappa shape index (κ2) is 4.28. The molecule has 0 bridgehead atoms. The highest BCUT2D eigenvalue weighted by Gasteiger charge is 2.13. The van der Waals surface area contributed by atoms with Gasteiger partial charge in [-0.3, -0.25) is 0 Å². The van der Waals surface area contributed by atoms with Crippen LogP contribution in [0.5, 0.6) is 0 Å². The van der Waals surface area contributed by atoms with Gasteiger partial charge in [-0.15, -0.1) is 0 Å². The van der Waals surface area contributed by atoms with Crippen LogP contribution in [0.25, 0.3) is 6.08 Å². The number of hydrogen-bond donors (Lipinski definition) is 2. The Kier molecular flexibility index (Phi) is 2.99. The van der Waals surface area contributed by atoms with Gasteiger partial charge in [-0.05, 0) is 29.7 Å². The van der Waals surface area contributed by atoms with Crippen LogP contribution in [0.2, 0.25) is 5.02 Å². The zero-order valence-corrected chi connectivity index (χ0v) is 9.64. The Hall–Kier alpha value is -1.32. The van der Waals surface area contributed by atoms with Crippen LogP contribution in [0.3, 0.4) is 0 Å². The van der Waals surface area contributed by atoms with Crippen molar-refractivity contribution in [3.05, 3.63) is 39.4 Å². The molecule has 1 aliphatic rings. The maximum Gasteiger partial charge on any atom is 0.336 e. The fourth-order valence-corrected chi connectivity index (χ4v) is 1.86. The molecule has 2 rings (SSSR count). The van der Waals surface area contributed by atoms with E-state index in [9.17, 15) is 4.79 Å². The van der Waals surface area contributed by atoms with Crippen molar-refractivity contribution < 1.29 is 9.90 Å². The first kappa shape index (κ1) is 11.2. The van der Waals surface area contributed by atoms with E-state index in [0.717, 1.165) is 18.7 Å². The van der Waals surface area contributed by atoms with Crippen molar-refractivity contribution in [1.29, 1.82) is 0 Å². The predicted octanol–water partition coefficient (Wildman–Crippen LogP) is 2.33. The van der Waals surface area contributed by atoms with Crippen LogP contribution < -0.4 is 5.32 Å². The van der Waals surface area contributed by atoms with Gasteiger partial charge in [0.25, 0.3) is 0 Å². The number of rotatable bonds is 2. The van der Waals surface area contributed by atoms with Gasteiger partial charge in [0, 0.05) is 13.1 Å². The van der Waals surface area contributed by atoms with Crippen LogP contribution in [0.15, 0.2) is 17.7 Å². The predicted molar refractivity (Wildman–Crippen MR) is 64.0 cm³/mol. The van der Waals surface area contributed by atoms with Crippen molar-refractivity contribution in [2.45, 2.75) is 6.92 Å². The Labute approximate surface area is 98.7 Å². The number of halogens is 1. The van der Waals surface area contributed by atoms with E-state index in [-0.39, 0.29) is 5.56 Å². The molecule has 0 unspecified atom stereocenters. The number of nitrogens with one attached hydrogen (secondary N) is 1. The lowest BCUT2D eigenvalue weighted by Crippen LogP contribution is -2.33. The summed E-state index contributed by atoms with van der Waals surface area (Å²) in [4.78, 5) is 10.9. The van der Waals surface area contributed by atoms with Crippen LogP contribution in [-0.2, 0) is 0 Å². The van der Waals surface area contributed by atoms with Crippen LogP contribution in [0, 0.1) is 6.92 Å². The lowest BCUT2D eigenvalue weighted by Gasteiger charge is -2.19. The van der Waals surface area contributed by atoms with Crippen molar-refractivity contribution in [3.8, 4) is 0 Å². The lowest BCUT2D eigenvalue weighted by molar-refractivity contribution is 0.0696. The molecule has 0 atom stereocenters. The smallest absolute Gasteiger partial charge is 0.336 e. The van der Waals surface area contributed by atoms with Gasteiger partial charge in [-0.2, -0.15) is 0 Å². The third-order valence-corrected chi connectivity index (χ3v) is 3.21. The Morgan fingerprint density at radius 1 is 1.50 bits per heavy atom. The van der Waals surface area contributed by atoms with Crippen molar-refractivity contribution in [2.24, 2.45) is 0 Å². The molecule has 0 radical (unpaired) electrons. The third kappa shape index (κ3) is 1.96. The van der Waals surface area contributed by atoms with Crippen molar-refractivity contribution in [3.63, 3.8) is 0 Å². The summed E-state index contributed by atoms with van der Waals surface area (Å²) in [6.45, 7) is 3.50. The molecule has 84 valence electrons. The molecular formula is C12H12ClNO2. The summed E-state index contributed by atoms with van der Waals surface area (Å²) in [6.07, 6.45) is 2.01. The second-order valence-electron chi connectivity index (χ2n) is 3.85. The SMILES string of the molecule is Cc1c(C(=O)O)ccc(C=C2CNC2)c1Cl. The molecule has 1 aromatic rings. The molecule has 0 aromatic heterocycles. The normalized spacial score (nSPS) is 14.5. The Morgan fingerprint density at radius 3 is 2.69 bits per heavy atom. The summed E-state index contributed by atoms with van der Waals surface area (Å²) in [7, 11) is 0. The zero-order chi connectivity index (χ0) is 11.7. The molecule has 0 amide bonds. The highest BCUT2D eigenvalue weighted by atomic mass is 35.5. The van der Waals surface area contributed by atoms with Gasteiger partial charge in [-0.25, -0.2) is 4.79 Å². The number of carboxylic acid groups (broad SMARTS) is 1. The number of hydrogen-bond acceptors (Lipinski definition) is 2. The van der Waals surface area contributed by atoms with Crippen LogP contribution in [0.4, 0.5) is 0 Å². The lowest BCUT2D eigenvalue weighted by atomic mass is 10.0. The fraction of sp³-hybridized carbons (Fsp3) is 0.250. The maximum absolute atomic E-state index is 10.9. The van der Waals surface area contributed by atoms with E-state index in [0.29, 0.717) is 10.6 Å². The van der Waals surface area contributed by atoms with E-state index in [1.165, 1.54) is 5.57 Å². The summed E-state index contributed by atoms with van der Waals surface area (Å²) in [5.74, 6) is -0.941.